The summed E-state index contributed by atoms with van der Waals surface area (Å²) in [5, 5.41) is 6.06. The molecule has 5 nitrogen and oxygen atoms in total. The van der Waals surface area contributed by atoms with Crippen LogP contribution >= 0.6 is 0 Å². The second kappa shape index (κ2) is 13.7. The predicted molar refractivity (Wildman–Crippen MR) is 137 cm³/mol. The number of unbranched alkanes of at least 4 members (excludes halogenated alkanes) is 5. The maximum atomic E-state index is 13.2. The highest BCUT2D eigenvalue weighted by Crippen LogP contribution is 2.27. The van der Waals surface area contributed by atoms with Crippen molar-refractivity contribution in [2.75, 3.05) is 23.3 Å². The van der Waals surface area contributed by atoms with Gasteiger partial charge in [0.2, 0.25) is 5.91 Å². The maximum Gasteiger partial charge on any atom is 0.253 e. The molecule has 1 heterocycles. The van der Waals surface area contributed by atoms with Crippen molar-refractivity contribution >= 4 is 23.2 Å². The first-order chi connectivity index (χ1) is 16.2. The molecule has 1 aliphatic heterocycles. The zero-order valence-electron chi connectivity index (χ0n) is 20.1. The van der Waals surface area contributed by atoms with E-state index >= 15 is 0 Å². The van der Waals surface area contributed by atoms with Crippen LogP contribution in [0.5, 0.6) is 0 Å². The van der Waals surface area contributed by atoms with E-state index in [1.807, 2.05) is 48.5 Å². The number of piperidine rings is 1. The van der Waals surface area contributed by atoms with Gasteiger partial charge in [-0.3, -0.25) is 9.59 Å². The van der Waals surface area contributed by atoms with Gasteiger partial charge in [0.05, 0.1) is 5.56 Å². The molecule has 1 fully saturated rings. The Morgan fingerprint density at radius 1 is 0.879 bits per heavy atom. The van der Waals surface area contributed by atoms with E-state index < -0.39 is 0 Å². The van der Waals surface area contributed by atoms with E-state index in [1.165, 1.54) is 32.1 Å². The number of rotatable bonds is 12. The number of hydrogen-bond donors (Lipinski definition) is 2. The van der Waals surface area contributed by atoms with Gasteiger partial charge in [-0.15, -0.1) is 0 Å². The molecular formula is C28H39N3O2. The van der Waals surface area contributed by atoms with E-state index in [-0.39, 0.29) is 11.8 Å². The Hall–Kier alpha value is -2.82. The van der Waals surface area contributed by atoms with Crippen LogP contribution in [0.1, 0.15) is 87.1 Å². The highest BCUT2D eigenvalue weighted by molar-refractivity contribution is 6.02. The fourth-order valence-corrected chi connectivity index (χ4v) is 4.37. The highest BCUT2D eigenvalue weighted by atomic mass is 16.2. The molecule has 33 heavy (non-hydrogen) atoms. The van der Waals surface area contributed by atoms with Crippen LogP contribution in [0, 0.1) is 0 Å². The van der Waals surface area contributed by atoms with Gasteiger partial charge in [-0.1, -0.05) is 69.4 Å². The van der Waals surface area contributed by atoms with Crippen molar-refractivity contribution in [2.45, 2.75) is 77.7 Å². The number of nitrogens with zero attached hydrogens (tertiary/aromatic N) is 1. The largest absolute Gasteiger partial charge is 0.371 e. The second-order valence-corrected chi connectivity index (χ2v) is 9.01. The number of carbonyl (C=O) groups excluding carboxylic acids is 2. The average molecular weight is 450 g/mol. The molecule has 2 aromatic carbocycles. The Balaban J connectivity index is 1.64. The minimum Gasteiger partial charge on any atom is -0.371 e. The SMILES string of the molecule is CCCCCCCCC(=O)Nc1ccc(N2CCCCC2)c(C(=O)NCc2ccccc2)c1. The molecule has 2 N–H and O–H groups in total. The van der Waals surface area contributed by atoms with E-state index in [0.29, 0.717) is 24.2 Å². The Morgan fingerprint density at radius 3 is 2.36 bits per heavy atom. The monoisotopic (exact) mass is 449 g/mol. The minimum absolute atomic E-state index is 0.0202. The third-order valence-corrected chi connectivity index (χ3v) is 6.27. The van der Waals surface area contributed by atoms with Crippen LogP contribution in [0.15, 0.2) is 48.5 Å². The lowest BCUT2D eigenvalue weighted by Gasteiger charge is -2.30. The van der Waals surface area contributed by atoms with Gasteiger partial charge >= 0.3 is 0 Å². The molecule has 0 atom stereocenters. The van der Waals surface area contributed by atoms with Crippen LogP contribution in [0.4, 0.5) is 11.4 Å². The molecule has 0 unspecified atom stereocenters. The average Bonchev–Trinajstić information content (AvgIpc) is 2.86. The number of hydrogen-bond acceptors (Lipinski definition) is 3. The molecule has 0 aromatic heterocycles. The molecule has 2 amide bonds. The first-order valence-corrected chi connectivity index (χ1v) is 12.7. The number of carbonyl (C=O) groups is 2. The Morgan fingerprint density at radius 2 is 1.61 bits per heavy atom. The summed E-state index contributed by atoms with van der Waals surface area (Å²) in [6.07, 6.45) is 11.0. The van der Waals surface area contributed by atoms with Crippen molar-refractivity contribution in [2.24, 2.45) is 0 Å². The molecule has 0 radical (unpaired) electrons. The first kappa shape index (κ1) is 24.8. The fraction of sp³-hybridized carbons (Fsp3) is 0.500. The topological polar surface area (TPSA) is 61.4 Å². The van der Waals surface area contributed by atoms with Crippen molar-refractivity contribution in [3.8, 4) is 0 Å². The summed E-state index contributed by atoms with van der Waals surface area (Å²) in [7, 11) is 0. The molecule has 5 heteroatoms. The van der Waals surface area contributed by atoms with E-state index in [2.05, 4.69) is 22.5 Å². The van der Waals surface area contributed by atoms with Crippen LogP contribution < -0.4 is 15.5 Å². The van der Waals surface area contributed by atoms with Gasteiger partial charge in [-0.05, 0) is 49.4 Å². The first-order valence-electron chi connectivity index (χ1n) is 12.7. The predicted octanol–water partition coefficient (Wildman–Crippen LogP) is 6.30. The fourth-order valence-electron chi connectivity index (χ4n) is 4.37. The molecule has 0 saturated carbocycles. The van der Waals surface area contributed by atoms with E-state index in [9.17, 15) is 9.59 Å². The van der Waals surface area contributed by atoms with Gasteiger partial charge in [0.25, 0.3) is 5.91 Å². The molecular weight excluding hydrogens is 410 g/mol. The van der Waals surface area contributed by atoms with Gasteiger partial charge in [-0.2, -0.15) is 0 Å². The van der Waals surface area contributed by atoms with Crippen molar-refractivity contribution in [3.05, 3.63) is 59.7 Å². The van der Waals surface area contributed by atoms with Crippen LogP contribution in [-0.2, 0) is 11.3 Å². The smallest absolute Gasteiger partial charge is 0.253 e. The molecule has 178 valence electrons. The van der Waals surface area contributed by atoms with Crippen LogP contribution in [0.2, 0.25) is 0 Å². The Bertz CT molecular complexity index is 876. The standard InChI is InChI=1S/C28H39N3O2/c1-2-3-4-5-6-11-16-27(32)30-24-17-18-26(31-19-12-8-13-20-31)25(21-24)28(33)29-22-23-14-9-7-10-15-23/h7,9-10,14-15,17-18,21H,2-6,8,11-13,16,19-20,22H2,1H3,(H,29,33)(H,30,32). The summed E-state index contributed by atoms with van der Waals surface area (Å²) in [5.74, 6) is -0.0849. The second-order valence-electron chi connectivity index (χ2n) is 9.01. The number of amides is 2. The molecule has 1 aliphatic rings. The lowest BCUT2D eigenvalue weighted by Crippen LogP contribution is -2.32. The zero-order chi connectivity index (χ0) is 23.3. The van der Waals surface area contributed by atoms with Crippen molar-refractivity contribution in [1.82, 2.24) is 5.32 Å². The highest BCUT2D eigenvalue weighted by Gasteiger charge is 2.19. The quantitative estimate of drug-likeness (QED) is 0.374. The Kier molecular flexibility index (Phi) is 10.3. The zero-order valence-corrected chi connectivity index (χ0v) is 20.1. The lowest BCUT2D eigenvalue weighted by molar-refractivity contribution is -0.116. The third-order valence-electron chi connectivity index (χ3n) is 6.27. The van der Waals surface area contributed by atoms with Crippen LogP contribution in [0.25, 0.3) is 0 Å². The summed E-state index contributed by atoms with van der Waals surface area (Å²) in [6, 6.07) is 15.7. The van der Waals surface area contributed by atoms with Gasteiger partial charge < -0.3 is 15.5 Å². The number of anilines is 2. The van der Waals surface area contributed by atoms with Crippen LogP contribution in [-0.4, -0.2) is 24.9 Å². The molecule has 2 aromatic rings. The summed E-state index contributed by atoms with van der Waals surface area (Å²) in [4.78, 5) is 27.9. The van der Waals surface area contributed by atoms with E-state index in [0.717, 1.165) is 50.0 Å². The summed E-state index contributed by atoms with van der Waals surface area (Å²) in [5.41, 5.74) is 3.34. The summed E-state index contributed by atoms with van der Waals surface area (Å²) >= 11 is 0. The summed E-state index contributed by atoms with van der Waals surface area (Å²) in [6.45, 7) is 4.61. The summed E-state index contributed by atoms with van der Waals surface area (Å²) < 4.78 is 0. The third kappa shape index (κ3) is 8.23. The van der Waals surface area contributed by atoms with Crippen molar-refractivity contribution in [3.63, 3.8) is 0 Å². The van der Waals surface area contributed by atoms with Gasteiger partial charge in [0.15, 0.2) is 0 Å². The van der Waals surface area contributed by atoms with E-state index in [1.54, 1.807) is 0 Å². The van der Waals surface area contributed by atoms with Gasteiger partial charge in [0.1, 0.15) is 0 Å². The lowest BCUT2D eigenvalue weighted by atomic mass is 10.1. The minimum atomic E-state index is -0.105. The van der Waals surface area contributed by atoms with Crippen molar-refractivity contribution < 1.29 is 9.59 Å². The van der Waals surface area contributed by atoms with Gasteiger partial charge in [0, 0.05) is 37.4 Å². The number of nitrogens with one attached hydrogen (secondary N) is 2. The van der Waals surface area contributed by atoms with Gasteiger partial charge in [-0.25, -0.2) is 0 Å². The number of benzene rings is 2. The normalized spacial score (nSPS) is 13.5. The Labute approximate surface area is 199 Å². The molecule has 0 spiro atoms. The molecule has 1 saturated heterocycles. The van der Waals surface area contributed by atoms with Crippen LogP contribution in [0.3, 0.4) is 0 Å². The maximum absolute atomic E-state index is 13.2. The van der Waals surface area contributed by atoms with E-state index in [4.69, 9.17) is 0 Å². The molecule has 0 bridgehead atoms. The molecule has 3 rings (SSSR count). The van der Waals surface area contributed by atoms with Crippen molar-refractivity contribution in [1.29, 1.82) is 0 Å². The molecule has 0 aliphatic carbocycles.